The Morgan fingerprint density at radius 2 is 1.96 bits per heavy atom. The number of carbonyl (C=O) groups excluding carboxylic acids is 1. The van der Waals surface area contributed by atoms with Crippen LogP contribution < -0.4 is 10.2 Å². The Kier molecular flexibility index (Phi) is 5.72. The predicted octanol–water partition coefficient (Wildman–Crippen LogP) is 4.31. The van der Waals surface area contributed by atoms with Crippen molar-refractivity contribution in [3.05, 3.63) is 69.3 Å². The van der Waals surface area contributed by atoms with E-state index in [1.807, 2.05) is 65.9 Å². The standard InChI is InChI=1S/C20H17IN2O3/c1-2-26-18-10-13(9-17(21)19(18)24)12-22-23-20(25)16-8-7-14-5-3-4-6-15(14)11-16/h3-12,24H,2H2,1H3,(H,23,25)/b22-12-. The number of hydrazone groups is 1. The maximum absolute atomic E-state index is 12.3. The van der Waals surface area contributed by atoms with E-state index in [9.17, 15) is 9.90 Å². The van der Waals surface area contributed by atoms with Crippen LogP contribution in [0.3, 0.4) is 0 Å². The summed E-state index contributed by atoms with van der Waals surface area (Å²) in [4.78, 5) is 12.3. The maximum atomic E-state index is 12.3. The number of halogens is 1. The second kappa shape index (κ2) is 8.18. The summed E-state index contributed by atoms with van der Waals surface area (Å²) in [6.45, 7) is 2.29. The van der Waals surface area contributed by atoms with Crippen molar-refractivity contribution in [2.75, 3.05) is 6.61 Å². The number of rotatable bonds is 5. The van der Waals surface area contributed by atoms with E-state index in [4.69, 9.17) is 4.74 Å². The van der Waals surface area contributed by atoms with Crippen LogP contribution in [0.25, 0.3) is 10.8 Å². The smallest absolute Gasteiger partial charge is 0.271 e. The van der Waals surface area contributed by atoms with Gasteiger partial charge in [0.25, 0.3) is 5.91 Å². The van der Waals surface area contributed by atoms with Gasteiger partial charge in [0, 0.05) is 5.56 Å². The molecule has 5 nitrogen and oxygen atoms in total. The van der Waals surface area contributed by atoms with Gasteiger partial charge >= 0.3 is 0 Å². The van der Waals surface area contributed by atoms with E-state index in [1.165, 1.54) is 6.21 Å². The topological polar surface area (TPSA) is 70.9 Å². The summed E-state index contributed by atoms with van der Waals surface area (Å²) in [6, 6.07) is 16.8. The van der Waals surface area contributed by atoms with Gasteiger partial charge in [-0.3, -0.25) is 4.79 Å². The van der Waals surface area contributed by atoms with Crippen molar-refractivity contribution in [2.45, 2.75) is 6.92 Å². The fraction of sp³-hybridized carbons (Fsp3) is 0.100. The fourth-order valence-corrected chi connectivity index (χ4v) is 3.12. The zero-order valence-corrected chi connectivity index (χ0v) is 16.2. The molecule has 132 valence electrons. The lowest BCUT2D eigenvalue weighted by atomic mass is 10.1. The van der Waals surface area contributed by atoms with E-state index in [2.05, 4.69) is 10.5 Å². The van der Waals surface area contributed by atoms with Crippen LogP contribution in [-0.4, -0.2) is 23.8 Å². The van der Waals surface area contributed by atoms with Crippen LogP contribution in [0, 0.1) is 3.57 Å². The summed E-state index contributed by atoms with van der Waals surface area (Å²) in [5.74, 6) is 0.206. The summed E-state index contributed by atoms with van der Waals surface area (Å²) in [6.07, 6.45) is 1.52. The van der Waals surface area contributed by atoms with Gasteiger partial charge in [0.1, 0.15) is 0 Å². The Morgan fingerprint density at radius 1 is 1.19 bits per heavy atom. The van der Waals surface area contributed by atoms with Gasteiger partial charge in [0.15, 0.2) is 11.5 Å². The third-order valence-corrected chi connectivity index (χ3v) is 4.56. The van der Waals surface area contributed by atoms with Crippen molar-refractivity contribution in [1.82, 2.24) is 5.43 Å². The molecular formula is C20H17IN2O3. The van der Waals surface area contributed by atoms with Crippen molar-refractivity contribution in [3.8, 4) is 11.5 Å². The molecule has 0 aromatic heterocycles. The molecule has 3 aromatic carbocycles. The van der Waals surface area contributed by atoms with Crippen LogP contribution >= 0.6 is 22.6 Å². The first-order chi connectivity index (χ1) is 12.6. The quantitative estimate of drug-likeness (QED) is 0.339. The molecule has 3 rings (SSSR count). The van der Waals surface area contributed by atoms with Gasteiger partial charge in [0.05, 0.1) is 16.4 Å². The minimum atomic E-state index is -0.287. The zero-order chi connectivity index (χ0) is 18.5. The number of nitrogens with one attached hydrogen (secondary N) is 1. The molecule has 0 saturated heterocycles. The number of phenols is 1. The maximum Gasteiger partial charge on any atom is 0.271 e. The summed E-state index contributed by atoms with van der Waals surface area (Å²) in [5.41, 5.74) is 3.78. The Morgan fingerprint density at radius 3 is 2.73 bits per heavy atom. The first-order valence-electron chi connectivity index (χ1n) is 8.06. The van der Waals surface area contributed by atoms with Gasteiger partial charge in [-0.05, 0) is 70.1 Å². The van der Waals surface area contributed by atoms with Crippen LogP contribution in [0.1, 0.15) is 22.8 Å². The molecule has 6 heteroatoms. The Bertz CT molecular complexity index is 986. The van der Waals surface area contributed by atoms with Crippen molar-refractivity contribution in [3.63, 3.8) is 0 Å². The second-order valence-electron chi connectivity index (χ2n) is 5.54. The van der Waals surface area contributed by atoms with Crippen LogP contribution in [0.2, 0.25) is 0 Å². The number of hydrogen-bond donors (Lipinski definition) is 2. The first-order valence-corrected chi connectivity index (χ1v) is 9.14. The van der Waals surface area contributed by atoms with Crippen molar-refractivity contribution >= 4 is 45.5 Å². The number of phenolic OH excluding ortho intramolecular Hbond substituents is 1. The van der Waals surface area contributed by atoms with Crippen LogP contribution in [0.5, 0.6) is 11.5 Å². The number of aromatic hydroxyl groups is 1. The average Bonchev–Trinajstić information content (AvgIpc) is 2.65. The molecule has 1 amide bonds. The average molecular weight is 460 g/mol. The van der Waals surface area contributed by atoms with Crippen LogP contribution in [-0.2, 0) is 0 Å². The lowest BCUT2D eigenvalue weighted by Crippen LogP contribution is -2.17. The fourth-order valence-electron chi connectivity index (χ4n) is 2.49. The van der Waals surface area contributed by atoms with Gasteiger partial charge in [0.2, 0.25) is 0 Å². The summed E-state index contributed by atoms with van der Waals surface area (Å²) < 4.78 is 6.04. The highest BCUT2D eigenvalue weighted by Crippen LogP contribution is 2.32. The predicted molar refractivity (Wildman–Crippen MR) is 111 cm³/mol. The number of hydrogen-bond acceptors (Lipinski definition) is 4. The molecule has 0 bridgehead atoms. The molecule has 26 heavy (non-hydrogen) atoms. The monoisotopic (exact) mass is 460 g/mol. The minimum Gasteiger partial charge on any atom is -0.504 e. The summed E-state index contributed by atoms with van der Waals surface area (Å²) >= 11 is 2.02. The van der Waals surface area contributed by atoms with Gasteiger partial charge in [-0.2, -0.15) is 5.10 Å². The van der Waals surface area contributed by atoms with Gasteiger partial charge in [-0.1, -0.05) is 30.3 Å². The molecule has 0 aliphatic carbocycles. The summed E-state index contributed by atoms with van der Waals surface area (Å²) in [5, 5.41) is 16.0. The van der Waals surface area contributed by atoms with E-state index in [0.29, 0.717) is 21.5 Å². The van der Waals surface area contributed by atoms with E-state index in [-0.39, 0.29) is 11.7 Å². The number of fused-ring (bicyclic) bond motifs is 1. The van der Waals surface area contributed by atoms with E-state index >= 15 is 0 Å². The lowest BCUT2D eigenvalue weighted by Gasteiger charge is -2.08. The molecule has 0 aliphatic heterocycles. The highest BCUT2D eigenvalue weighted by Gasteiger charge is 2.09. The van der Waals surface area contributed by atoms with E-state index < -0.39 is 0 Å². The van der Waals surface area contributed by atoms with Crippen molar-refractivity contribution in [2.24, 2.45) is 5.10 Å². The van der Waals surface area contributed by atoms with Crippen molar-refractivity contribution < 1.29 is 14.6 Å². The van der Waals surface area contributed by atoms with Crippen LogP contribution in [0.4, 0.5) is 0 Å². The first kappa shape index (κ1) is 18.2. The molecule has 0 radical (unpaired) electrons. The Hall–Kier alpha value is -2.61. The molecule has 0 fully saturated rings. The minimum absolute atomic E-state index is 0.102. The summed E-state index contributed by atoms with van der Waals surface area (Å²) in [7, 11) is 0. The molecule has 0 saturated carbocycles. The lowest BCUT2D eigenvalue weighted by molar-refractivity contribution is 0.0955. The Balaban J connectivity index is 1.74. The second-order valence-corrected chi connectivity index (χ2v) is 6.71. The highest BCUT2D eigenvalue weighted by molar-refractivity contribution is 14.1. The number of amides is 1. The largest absolute Gasteiger partial charge is 0.504 e. The van der Waals surface area contributed by atoms with E-state index in [0.717, 1.165) is 16.3 Å². The Labute approximate surface area is 164 Å². The van der Waals surface area contributed by atoms with Gasteiger partial charge in [-0.15, -0.1) is 0 Å². The molecular weight excluding hydrogens is 443 g/mol. The number of carbonyl (C=O) groups is 1. The molecule has 0 spiro atoms. The molecule has 0 heterocycles. The zero-order valence-electron chi connectivity index (χ0n) is 14.1. The number of nitrogens with zero attached hydrogens (tertiary/aromatic N) is 1. The molecule has 2 N–H and O–H groups in total. The van der Waals surface area contributed by atoms with Crippen LogP contribution in [0.15, 0.2) is 59.7 Å². The molecule has 0 unspecified atom stereocenters. The third-order valence-electron chi connectivity index (χ3n) is 3.74. The molecule has 3 aromatic rings. The van der Waals surface area contributed by atoms with E-state index in [1.54, 1.807) is 18.2 Å². The highest BCUT2D eigenvalue weighted by atomic mass is 127. The van der Waals surface area contributed by atoms with Crippen molar-refractivity contribution in [1.29, 1.82) is 0 Å². The normalized spacial score (nSPS) is 11.0. The number of benzene rings is 3. The molecule has 0 aliphatic rings. The number of ether oxygens (including phenoxy) is 1. The third kappa shape index (κ3) is 4.13. The SMILES string of the molecule is CCOc1cc(/C=N\NC(=O)c2ccc3ccccc3c2)cc(I)c1O. The molecule has 0 atom stereocenters. The van der Waals surface area contributed by atoms with Gasteiger partial charge < -0.3 is 9.84 Å². The van der Waals surface area contributed by atoms with Gasteiger partial charge in [-0.25, -0.2) is 5.43 Å².